The van der Waals surface area contributed by atoms with Crippen molar-refractivity contribution in [2.24, 2.45) is 5.10 Å². The number of hydrogen-bond acceptors (Lipinski definition) is 5. The van der Waals surface area contributed by atoms with Crippen molar-refractivity contribution in [3.05, 3.63) is 63.7 Å². The molecule has 0 radical (unpaired) electrons. The Hall–Kier alpha value is -3.10. The van der Waals surface area contributed by atoms with Crippen LogP contribution in [0.25, 0.3) is 0 Å². The van der Waals surface area contributed by atoms with Gasteiger partial charge in [0.25, 0.3) is 5.69 Å². The highest BCUT2D eigenvalue weighted by Gasteiger charge is 2.33. The van der Waals surface area contributed by atoms with Crippen LogP contribution in [0, 0.1) is 10.1 Å². The normalized spacial score (nSPS) is 12.0. The monoisotopic (exact) mass is 353 g/mol. The van der Waals surface area contributed by atoms with E-state index in [4.69, 9.17) is 4.74 Å². The Bertz CT molecular complexity index is 820. The summed E-state index contributed by atoms with van der Waals surface area (Å²) in [5.41, 5.74) is 1.67. The molecule has 0 aliphatic heterocycles. The third-order valence-corrected chi connectivity index (χ3v) is 3.35. The standard InChI is InChI=1S/C16H14F3N3O3/c1-10(11-4-3-5-13(8-11)25-2)20-21-14-7-6-12(16(17,18)19)9-15(14)22(23)24/h3-9,21H,1-2H3/b20-10-. The minimum absolute atomic E-state index is 0.139. The third kappa shape index (κ3) is 4.46. The molecule has 0 amide bonds. The highest BCUT2D eigenvalue weighted by atomic mass is 19.4. The third-order valence-electron chi connectivity index (χ3n) is 3.35. The van der Waals surface area contributed by atoms with Crippen LogP contribution in [0.1, 0.15) is 18.1 Å². The molecule has 0 spiro atoms. The number of nitro benzene ring substituents is 1. The number of nitrogens with zero attached hydrogens (tertiary/aromatic N) is 2. The Morgan fingerprint density at radius 2 is 1.96 bits per heavy atom. The molecule has 0 atom stereocenters. The first-order valence-corrected chi connectivity index (χ1v) is 7.02. The van der Waals surface area contributed by atoms with E-state index in [1.807, 2.05) is 0 Å². The van der Waals surface area contributed by atoms with Crippen LogP contribution in [0.4, 0.5) is 24.5 Å². The van der Waals surface area contributed by atoms with Crippen LogP contribution in [0.3, 0.4) is 0 Å². The molecular weight excluding hydrogens is 339 g/mol. The van der Waals surface area contributed by atoms with Gasteiger partial charge >= 0.3 is 6.18 Å². The highest BCUT2D eigenvalue weighted by Crippen LogP contribution is 2.35. The summed E-state index contributed by atoms with van der Waals surface area (Å²) in [7, 11) is 1.51. The summed E-state index contributed by atoms with van der Waals surface area (Å²) in [5, 5.41) is 15.0. The van der Waals surface area contributed by atoms with Gasteiger partial charge in [-0.25, -0.2) is 0 Å². The molecular formula is C16H14F3N3O3. The van der Waals surface area contributed by atoms with E-state index in [1.165, 1.54) is 7.11 Å². The molecule has 0 bridgehead atoms. The van der Waals surface area contributed by atoms with Crippen LogP contribution < -0.4 is 10.2 Å². The summed E-state index contributed by atoms with van der Waals surface area (Å²) >= 11 is 0. The number of nitrogens with one attached hydrogen (secondary N) is 1. The first-order chi connectivity index (χ1) is 11.7. The van der Waals surface area contributed by atoms with E-state index in [0.717, 1.165) is 12.1 Å². The maximum atomic E-state index is 12.7. The zero-order valence-electron chi connectivity index (χ0n) is 13.3. The van der Waals surface area contributed by atoms with E-state index in [0.29, 0.717) is 23.1 Å². The number of alkyl halides is 3. The summed E-state index contributed by atoms with van der Waals surface area (Å²) in [5.74, 6) is 0.604. The van der Waals surface area contributed by atoms with Gasteiger partial charge in [-0.2, -0.15) is 18.3 Å². The molecule has 1 N–H and O–H groups in total. The van der Waals surface area contributed by atoms with E-state index >= 15 is 0 Å². The summed E-state index contributed by atoms with van der Waals surface area (Å²) < 4.78 is 43.2. The van der Waals surface area contributed by atoms with Gasteiger partial charge in [0.2, 0.25) is 0 Å². The van der Waals surface area contributed by atoms with Gasteiger partial charge in [0.1, 0.15) is 11.4 Å². The second kappa shape index (κ2) is 7.20. The summed E-state index contributed by atoms with van der Waals surface area (Å²) in [4.78, 5) is 10.1. The molecule has 0 heterocycles. The van der Waals surface area contributed by atoms with Gasteiger partial charge in [-0.3, -0.25) is 15.5 Å². The topological polar surface area (TPSA) is 76.8 Å². The number of methoxy groups -OCH3 is 1. The Morgan fingerprint density at radius 3 is 2.56 bits per heavy atom. The van der Waals surface area contributed by atoms with E-state index in [-0.39, 0.29) is 5.69 Å². The van der Waals surface area contributed by atoms with Gasteiger partial charge in [0, 0.05) is 11.6 Å². The van der Waals surface area contributed by atoms with Crippen molar-refractivity contribution in [3.8, 4) is 5.75 Å². The van der Waals surface area contributed by atoms with Crippen molar-refractivity contribution < 1.29 is 22.8 Å². The smallest absolute Gasteiger partial charge is 0.416 e. The minimum Gasteiger partial charge on any atom is -0.497 e. The predicted octanol–water partition coefficient (Wildman–Crippen LogP) is 4.46. The SMILES string of the molecule is COc1cccc(/C(C)=N\Nc2ccc(C(F)(F)F)cc2[N+](=O)[O-])c1. The summed E-state index contributed by atoms with van der Waals surface area (Å²) in [6, 6.07) is 9.15. The molecule has 0 saturated heterocycles. The molecule has 9 heteroatoms. The van der Waals surface area contributed by atoms with E-state index in [9.17, 15) is 23.3 Å². The second-order valence-electron chi connectivity index (χ2n) is 5.03. The van der Waals surface area contributed by atoms with Gasteiger partial charge in [0.05, 0.1) is 23.3 Å². The first kappa shape index (κ1) is 18.2. The lowest BCUT2D eigenvalue weighted by Gasteiger charge is -2.09. The Balaban J connectivity index is 2.31. The van der Waals surface area contributed by atoms with E-state index in [2.05, 4.69) is 10.5 Å². The van der Waals surface area contributed by atoms with Crippen molar-refractivity contribution in [2.45, 2.75) is 13.1 Å². The number of rotatable bonds is 5. The van der Waals surface area contributed by atoms with Crippen LogP contribution in [0.2, 0.25) is 0 Å². The average Bonchev–Trinajstić information content (AvgIpc) is 2.58. The highest BCUT2D eigenvalue weighted by molar-refractivity contribution is 5.99. The van der Waals surface area contributed by atoms with Gasteiger partial charge in [0.15, 0.2) is 0 Å². The maximum absolute atomic E-state index is 12.7. The van der Waals surface area contributed by atoms with Gasteiger partial charge in [-0.1, -0.05) is 12.1 Å². The van der Waals surface area contributed by atoms with Crippen molar-refractivity contribution in [1.29, 1.82) is 0 Å². The number of hydrogen-bond donors (Lipinski definition) is 1. The van der Waals surface area contributed by atoms with Crippen molar-refractivity contribution >= 4 is 17.1 Å². The van der Waals surface area contributed by atoms with Crippen molar-refractivity contribution in [1.82, 2.24) is 0 Å². The van der Waals surface area contributed by atoms with Gasteiger partial charge < -0.3 is 4.74 Å². The fourth-order valence-electron chi connectivity index (χ4n) is 2.01. The van der Waals surface area contributed by atoms with Crippen molar-refractivity contribution in [3.63, 3.8) is 0 Å². The van der Waals surface area contributed by atoms with Crippen molar-refractivity contribution in [2.75, 3.05) is 12.5 Å². The number of halogens is 3. The lowest BCUT2D eigenvalue weighted by molar-refractivity contribution is -0.384. The predicted molar refractivity (Wildman–Crippen MR) is 86.9 cm³/mol. The molecule has 0 aliphatic carbocycles. The van der Waals surface area contributed by atoms with E-state index in [1.54, 1.807) is 31.2 Å². The molecule has 0 aliphatic rings. The number of hydrazone groups is 1. The zero-order valence-corrected chi connectivity index (χ0v) is 13.3. The number of benzene rings is 2. The molecule has 25 heavy (non-hydrogen) atoms. The summed E-state index contributed by atoms with van der Waals surface area (Å²) in [6.45, 7) is 1.65. The molecule has 2 aromatic rings. The van der Waals surface area contributed by atoms with Crippen LogP contribution in [0.15, 0.2) is 47.6 Å². The second-order valence-corrected chi connectivity index (χ2v) is 5.03. The van der Waals surface area contributed by atoms with Crippen LogP contribution in [0.5, 0.6) is 5.75 Å². The Kier molecular flexibility index (Phi) is 5.26. The average molecular weight is 353 g/mol. The fraction of sp³-hybridized carbons (Fsp3) is 0.188. The van der Waals surface area contributed by atoms with Gasteiger partial charge in [-0.05, 0) is 31.2 Å². The number of nitro groups is 1. The van der Waals surface area contributed by atoms with Crippen LogP contribution in [-0.4, -0.2) is 17.7 Å². The molecule has 6 nitrogen and oxygen atoms in total. The number of anilines is 1. The zero-order chi connectivity index (χ0) is 18.6. The fourth-order valence-corrected chi connectivity index (χ4v) is 2.01. The first-order valence-electron chi connectivity index (χ1n) is 7.02. The molecule has 0 aromatic heterocycles. The molecule has 2 aromatic carbocycles. The molecule has 132 valence electrons. The lowest BCUT2D eigenvalue weighted by atomic mass is 10.1. The van der Waals surface area contributed by atoms with E-state index < -0.39 is 22.4 Å². The molecule has 0 saturated carbocycles. The van der Waals surface area contributed by atoms with Crippen LogP contribution >= 0.6 is 0 Å². The molecule has 0 unspecified atom stereocenters. The van der Waals surface area contributed by atoms with Gasteiger partial charge in [-0.15, -0.1) is 0 Å². The lowest BCUT2D eigenvalue weighted by Crippen LogP contribution is -2.07. The quantitative estimate of drug-likeness (QED) is 0.489. The molecule has 0 fully saturated rings. The summed E-state index contributed by atoms with van der Waals surface area (Å²) in [6.07, 6.45) is -4.66. The number of ether oxygens (including phenoxy) is 1. The maximum Gasteiger partial charge on any atom is 0.416 e. The van der Waals surface area contributed by atoms with Crippen LogP contribution in [-0.2, 0) is 6.18 Å². The minimum atomic E-state index is -4.66. The largest absolute Gasteiger partial charge is 0.497 e. The Morgan fingerprint density at radius 1 is 1.24 bits per heavy atom. The Labute approximate surface area is 141 Å². The molecule has 2 rings (SSSR count).